The summed E-state index contributed by atoms with van der Waals surface area (Å²) >= 11 is 0. The van der Waals surface area contributed by atoms with E-state index in [2.05, 4.69) is 19.6 Å². The second-order valence-electron chi connectivity index (χ2n) is 10.7. The molecule has 1 aromatic carbocycles. The molecule has 2 aliphatic rings. The zero-order valence-corrected chi connectivity index (χ0v) is 22.6. The van der Waals surface area contributed by atoms with Crippen molar-refractivity contribution in [1.29, 1.82) is 0 Å². The minimum absolute atomic E-state index is 0.316. The molecule has 0 aliphatic heterocycles. The summed E-state index contributed by atoms with van der Waals surface area (Å²) in [5.74, 6) is -0.522. The molecule has 1 N–H and O–H groups in total. The van der Waals surface area contributed by atoms with Crippen LogP contribution in [0, 0.1) is 11.3 Å². The van der Waals surface area contributed by atoms with Gasteiger partial charge in [-0.1, -0.05) is 25.2 Å². The number of hydrogen-bond donors (Lipinski definition) is 1. The first-order chi connectivity index (χ1) is 15.9. The van der Waals surface area contributed by atoms with Gasteiger partial charge < -0.3 is 24.1 Å². The molecule has 0 amide bonds. The molecule has 5 unspecified atom stereocenters. The summed E-state index contributed by atoms with van der Waals surface area (Å²) in [7, 11) is 1.72. The topological polar surface area (TPSA) is 91.3 Å². The van der Waals surface area contributed by atoms with E-state index in [1.54, 1.807) is 20.3 Å². The fraction of sp³-hybridized carbons (Fsp3) is 0.615. The third kappa shape index (κ3) is 4.62. The van der Waals surface area contributed by atoms with Crippen molar-refractivity contribution in [1.82, 2.24) is 0 Å². The molecule has 1 aromatic rings. The Kier molecular flexibility index (Phi) is 7.53. The van der Waals surface area contributed by atoms with Gasteiger partial charge in [-0.3, -0.25) is 9.59 Å². The third-order valence-corrected chi connectivity index (χ3v) is 9.15. The van der Waals surface area contributed by atoms with E-state index >= 15 is 0 Å². The van der Waals surface area contributed by atoms with Crippen LogP contribution in [-0.4, -0.2) is 58.2 Å². The number of aliphatic hydroxyl groups is 1. The lowest BCUT2D eigenvalue weighted by atomic mass is 9.64. The van der Waals surface area contributed by atoms with Crippen molar-refractivity contribution in [2.24, 2.45) is 11.3 Å². The number of benzene rings is 1. The molecule has 8 heteroatoms. The van der Waals surface area contributed by atoms with Crippen molar-refractivity contribution < 1.29 is 33.6 Å². The second kappa shape index (κ2) is 9.74. The first kappa shape index (κ1) is 26.3. The Morgan fingerprint density at radius 2 is 1.68 bits per heavy atom. The molecule has 0 saturated heterocycles. The molecule has 0 spiro atoms. The number of carbonyl (C=O) groups is 2. The molecule has 2 bridgehead atoms. The van der Waals surface area contributed by atoms with Gasteiger partial charge in [0.2, 0.25) is 0 Å². The van der Waals surface area contributed by atoms with Crippen molar-refractivity contribution in [3.8, 4) is 11.5 Å². The van der Waals surface area contributed by atoms with Crippen molar-refractivity contribution in [3.05, 3.63) is 34.9 Å². The van der Waals surface area contributed by atoms with E-state index in [0.717, 1.165) is 17.2 Å². The number of ether oxygens (including phenoxy) is 4. The molecule has 2 aliphatic carbocycles. The number of methoxy groups -OCH3 is 2. The Bertz CT molecular complexity index is 958. The zero-order valence-electron chi connectivity index (χ0n) is 21.6. The maximum atomic E-state index is 14.0. The summed E-state index contributed by atoms with van der Waals surface area (Å²) in [6.45, 7) is 12.0. The number of esters is 2. The predicted molar refractivity (Wildman–Crippen MR) is 132 cm³/mol. The van der Waals surface area contributed by atoms with E-state index in [1.165, 1.54) is 6.92 Å². The standard InChI is InChI=1S/C26H38O7Si/c1-15-16(2)26(25(29)32-9-10-34(6,7)8)22(14-21(23(15)28)24(26)33-17(3)27)18-11-19(30-4)13-20(12-18)31-5/h11-13,21-24,28H,9-10,14H2,1-8H3. The van der Waals surface area contributed by atoms with Gasteiger partial charge in [-0.25, -0.2) is 0 Å². The molecule has 0 radical (unpaired) electrons. The lowest BCUT2D eigenvalue weighted by Crippen LogP contribution is -2.53. The van der Waals surface area contributed by atoms with Crippen LogP contribution in [0.1, 0.15) is 38.7 Å². The van der Waals surface area contributed by atoms with E-state index in [1.807, 2.05) is 26.0 Å². The Morgan fingerprint density at radius 3 is 2.18 bits per heavy atom. The second-order valence-corrected chi connectivity index (χ2v) is 16.3. The summed E-state index contributed by atoms with van der Waals surface area (Å²) < 4.78 is 22.7. The van der Waals surface area contributed by atoms with Crippen LogP contribution < -0.4 is 9.47 Å². The maximum Gasteiger partial charge on any atom is 0.320 e. The minimum Gasteiger partial charge on any atom is -0.497 e. The minimum atomic E-state index is -1.44. The van der Waals surface area contributed by atoms with Gasteiger partial charge in [-0.05, 0) is 49.6 Å². The highest BCUT2D eigenvalue weighted by Gasteiger charge is 2.68. The zero-order chi connectivity index (χ0) is 25.4. The van der Waals surface area contributed by atoms with Crippen LogP contribution in [0.3, 0.4) is 0 Å². The monoisotopic (exact) mass is 490 g/mol. The van der Waals surface area contributed by atoms with Gasteiger partial charge in [0.05, 0.1) is 26.9 Å². The van der Waals surface area contributed by atoms with Crippen molar-refractivity contribution >= 4 is 20.0 Å². The molecular formula is C26H38O7Si. The van der Waals surface area contributed by atoms with Crippen LogP contribution >= 0.6 is 0 Å². The molecule has 1 saturated carbocycles. The van der Waals surface area contributed by atoms with Gasteiger partial charge in [-0.15, -0.1) is 0 Å². The normalized spacial score (nSPS) is 28.5. The van der Waals surface area contributed by atoms with Crippen LogP contribution in [0.25, 0.3) is 0 Å². The average molecular weight is 491 g/mol. The summed E-state index contributed by atoms with van der Waals surface area (Å²) in [6, 6.07) is 6.37. The van der Waals surface area contributed by atoms with Gasteiger partial charge in [-0.2, -0.15) is 0 Å². The van der Waals surface area contributed by atoms with Crippen LogP contribution in [0.15, 0.2) is 29.3 Å². The quantitative estimate of drug-likeness (QED) is 0.330. The highest BCUT2D eigenvalue weighted by Crippen LogP contribution is 2.63. The smallest absolute Gasteiger partial charge is 0.320 e. The van der Waals surface area contributed by atoms with Gasteiger partial charge in [0, 0.05) is 32.9 Å². The number of fused-ring (bicyclic) bond motifs is 2. The number of carbonyl (C=O) groups excluding carboxylic acids is 2. The van der Waals surface area contributed by atoms with Crippen molar-refractivity contribution in [2.45, 2.75) is 71.0 Å². The molecule has 5 atom stereocenters. The lowest BCUT2D eigenvalue weighted by molar-refractivity contribution is -0.172. The first-order valence-electron chi connectivity index (χ1n) is 11.8. The molecule has 3 rings (SSSR count). The first-order valence-corrected chi connectivity index (χ1v) is 15.5. The molecular weight excluding hydrogens is 452 g/mol. The Hall–Kier alpha value is -2.32. The number of rotatable bonds is 8. The van der Waals surface area contributed by atoms with E-state index in [-0.39, 0.29) is 0 Å². The molecule has 7 nitrogen and oxygen atoms in total. The molecule has 188 valence electrons. The van der Waals surface area contributed by atoms with Gasteiger partial charge in [0.25, 0.3) is 0 Å². The molecule has 0 heterocycles. The van der Waals surface area contributed by atoms with E-state index in [4.69, 9.17) is 18.9 Å². The highest BCUT2D eigenvalue weighted by molar-refractivity contribution is 6.76. The van der Waals surface area contributed by atoms with Crippen LogP contribution in [-0.2, 0) is 19.1 Å². The average Bonchev–Trinajstić information content (AvgIpc) is 3.06. The van der Waals surface area contributed by atoms with Crippen LogP contribution in [0.5, 0.6) is 11.5 Å². The fourth-order valence-electron chi connectivity index (χ4n) is 5.53. The molecule has 34 heavy (non-hydrogen) atoms. The highest BCUT2D eigenvalue weighted by atomic mass is 28.3. The third-order valence-electron chi connectivity index (χ3n) is 7.45. The summed E-state index contributed by atoms with van der Waals surface area (Å²) in [5.41, 5.74) is 1.01. The summed E-state index contributed by atoms with van der Waals surface area (Å²) in [4.78, 5) is 26.2. The lowest BCUT2D eigenvalue weighted by Gasteiger charge is -2.44. The largest absolute Gasteiger partial charge is 0.497 e. The van der Waals surface area contributed by atoms with Gasteiger partial charge >= 0.3 is 11.9 Å². The van der Waals surface area contributed by atoms with Crippen molar-refractivity contribution in [2.75, 3.05) is 20.8 Å². The Morgan fingerprint density at radius 1 is 1.09 bits per heavy atom. The van der Waals surface area contributed by atoms with E-state index in [9.17, 15) is 14.7 Å². The van der Waals surface area contributed by atoms with E-state index < -0.39 is 49.5 Å². The van der Waals surface area contributed by atoms with Crippen LogP contribution in [0.4, 0.5) is 0 Å². The number of aliphatic hydroxyl groups excluding tert-OH is 1. The van der Waals surface area contributed by atoms with Crippen LogP contribution in [0.2, 0.25) is 25.7 Å². The number of hydrogen-bond acceptors (Lipinski definition) is 7. The summed E-state index contributed by atoms with van der Waals surface area (Å²) in [5, 5.41) is 11.1. The van der Waals surface area contributed by atoms with Gasteiger partial charge in [0.15, 0.2) is 0 Å². The maximum absolute atomic E-state index is 14.0. The predicted octanol–water partition coefficient (Wildman–Crippen LogP) is 4.32. The molecule has 1 fully saturated rings. The van der Waals surface area contributed by atoms with Gasteiger partial charge in [0.1, 0.15) is 23.0 Å². The SMILES string of the molecule is COc1cc(OC)cc(C2CC3C(O)C(C)=C(C)C2(C(=O)OCC[Si](C)(C)C)C3OC(C)=O)c1. The fourth-order valence-corrected chi connectivity index (χ4v) is 6.24. The molecule has 0 aromatic heterocycles. The summed E-state index contributed by atoms with van der Waals surface area (Å²) in [6.07, 6.45) is -1.19. The Labute approximate surface area is 203 Å². The van der Waals surface area contributed by atoms with E-state index in [0.29, 0.717) is 30.1 Å². The van der Waals surface area contributed by atoms with Crippen molar-refractivity contribution in [3.63, 3.8) is 0 Å². The Balaban J connectivity index is 2.19.